The fourth-order valence-corrected chi connectivity index (χ4v) is 3.90. The number of carbonyl (C=O) groups is 1. The first-order valence-corrected chi connectivity index (χ1v) is 11.3. The zero-order valence-corrected chi connectivity index (χ0v) is 21.3. The summed E-state index contributed by atoms with van der Waals surface area (Å²) in [4.78, 5) is 12.8. The quantitative estimate of drug-likeness (QED) is 0.386. The number of nitrogens with two attached hydrogens (primary N) is 1. The Hall–Kier alpha value is -3.43. The summed E-state index contributed by atoms with van der Waals surface area (Å²) in [6.45, 7) is 3.82. The van der Waals surface area contributed by atoms with Gasteiger partial charge in [0.25, 0.3) is 0 Å². The molecule has 2 aromatic carbocycles. The summed E-state index contributed by atoms with van der Waals surface area (Å²) in [6.07, 6.45) is 1.52. The van der Waals surface area contributed by atoms with Gasteiger partial charge in [0.15, 0.2) is 11.5 Å². The lowest BCUT2D eigenvalue weighted by atomic mass is 9.99. The number of hydrogen-bond acceptors (Lipinski definition) is 8. The Morgan fingerprint density at radius 2 is 1.60 bits per heavy atom. The molecule has 0 radical (unpaired) electrons. The third-order valence-corrected chi connectivity index (χ3v) is 6.12. The van der Waals surface area contributed by atoms with Crippen molar-refractivity contribution in [2.75, 3.05) is 33.8 Å². The van der Waals surface area contributed by atoms with Crippen LogP contribution < -0.4 is 30.0 Å². The van der Waals surface area contributed by atoms with Crippen molar-refractivity contribution < 1.29 is 28.3 Å². The van der Waals surface area contributed by atoms with Crippen LogP contribution in [0.1, 0.15) is 13.8 Å². The van der Waals surface area contributed by atoms with E-state index in [0.29, 0.717) is 45.5 Å². The monoisotopic (exact) mass is 503 g/mol. The number of rotatable bonds is 10. The number of alkyl halides is 1. The van der Waals surface area contributed by atoms with E-state index >= 15 is 0 Å². The Kier molecular flexibility index (Phi) is 8.48. The molecule has 1 heterocycles. The average molecular weight is 504 g/mol. The summed E-state index contributed by atoms with van der Waals surface area (Å²) >= 11 is 6.31. The minimum absolute atomic E-state index is 0.0366. The number of benzene rings is 2. The van der Waals surface area contributed by atoms with E-state index in [9.17, 15) is 4.79 Å². The maximum atomic E-state index is 12.8. The van der Waals surface area contributed by atoms with Crippen molar-refractivity contribution >= 4 is 23.2 Å². The molecule has 0 spiro atoms. The summed E-state index contributed by atoms with van der Waals surface area (Å²) in [5.41, 5.74) is 9.15. The molecule has 3 rings (SSSR count). The van der Waals surface area contributed by atoms with Gasteiger partial charge in [-0.2, -0.15) is 0 Å². The molecular formula is C25H30ClN3O6. The van der Waals surface area contributed by atoms with Crippen LogP contribution in [0.15, 0.2) is 41.1 Å². The van der Waals surface area contributed by atoms with Crippen LogP contribution >= 0.6 is 11.6 Å². The molecule has 10 heteroatoms. The average Bonchev–Trinajstić information content (AvgIpc) is 3.36. The van der Waals surface area contributed by atoms with Gasteiger partial charge in [-0.3, -0.25) is 4.79 Å². The number of methoxy groups -OCH3 is 4. The Labute approximate surface area is 209 Å². The lowest BCUT2D eigenvalue weighted by molar-refractivity contribution is -0.116. The van der Waals surface area contributed by atoms with Crippen molar-refractivity contribution in [2.45, 2.75) is 25.3 Å². The van der Waals surface area contributed by atoms with Gasteiger partial charge in [-0.1, -0.05) is 25.1 Å². The third-order valence-electron chi connectivity index (χ3n) is 5.63. The van der Waals surface area contributed by atoms with Crippen LogP contribution in [0.4, 0.5) is 5.69 Å². The Morgan fingerprint density at radius 1 is 0.971 bits per heavy atom. The van der Waals surface area contributed by atoms with Crippen LogP contribution in [-0.2, 0) is 4.79 Å². The van der Waals surface area contributed by atoms with Crippen molar-refractivity contribution in [1.82, 2.24) is 5.16 Å². The number of aromatic nitrogens is 1. The predicted octanol–water partition coefficient (Wildman–Crippen LogP) is 4.57. The van der Waals surface area contributed by atoms with Gasteiger partial charge < -0.3 is 34.5 Å². The molecule has 2 atom stereocenters. The fourth-order valence-electron chi connectivity index (χ4n) is 3.56. The van der Waals surface area contributed by atoms with Gasteiger partial charge in [-0.25, -0.2) is 0 Å². The van der Waals surface area contributed by atoms with Crippen LogP contribution in [0.25, 0.3) is 22.4 Å². The first kappa shape index (κ1) is 26.2. The lowest BCUT2D eigenvalue weighted by Gasteiger charge is -2.21. The molecule has 2 unspecified atom stereocenters. The van der Waals surface area contributed by atoms with Gasteiger partial charge in [-0.15, -0.1) is 11.6 Å². The highest BCUT2D eigenvalue weighted by Gasteiger charge is 2.27. The van der Waals surface area contributed by atoms with Crippen LogP contribution in [-0.4, -0.2) is 50.9 Å². The molecule has 3 aromatic rings. The second kappa shape index (κ2) is 11.3. The number of amides is 1. The maximum Gasteiger partial charge on any atom is 0.244 e. The summed E-state index contributed by atoms with van der Waals surface area (Å²) in [6, 6.07) is 8.38. The number of nitrogens with one attached hydrogen (secondary N) is 1. The largest absolute Gasteiger partial charge is 0.495 e. The molecule has 188 valence electrons. The van der Waals surface area contributed by atoms with Crippen molar-refractivity contribution in [3.63, 3.8) is 0 Å². The molecule has 1 amide bonds. The molecule has 0 aliphatic rings. The van der Waals surface area contributed by atoms with Gasteiger partial charge in [0.05, 0.1) is 34.1 Å². The number of hydrogen-bond donors (Lipinski definition) is 2. The maximum absolute atomic E-state index is 12.8. The summed E-state index contributed by atoms with van der Waals surface area (Å²) < 4.78 is 27.1. The zero-order chi connectivity index (χ0) is 25.7. The molecule has 0 saturated carbocycles. The Balaban J connectivity index is 2.02. The predicted molar refractivity (Wildman–Crippen MR) is 135 cm³/mol. The van der Waals surface area contributed by atoms with Crippen LogP contribution in [0.2, 0.25) is 0 Å². The molecule has 3 N–H and O–H groups in total. The first-order valence-electron chi connectivity index (χ1n) is 10.9. The van der Waals surface area contributed by atoms with E-state index in [-0.39, 0.29) is 5.92 Å². The van der Waals surface area contributed by atoms with Gasteiger partial charge >= 0.3 is 0 Å². The fraction of sp³-hybridized carbons (Fsp3) is 0.360. The van der Waals surface area contributed by atoms with Crippen LogP contribution in [0, 0.1) is 5.92 Å². The van der Waals surface area contributed by atoms with E-state index in [4.69, 9.17) is 40.8 Å². The minimum atomic E-state index is -0.909. The van der Waals surface area contributed by atoms with E-state index in [1.54, 1.807) is 38.5 Å². The van der Waals surface area contributed by atoms with Gasteiger partial charge in [0.1, 0.15) is 23.1 Å². The third kappa shape index (κ3) is 5.47. The highest BCUT2D eigenvalue weighted by molar-refractivity contribution is 6.33. The standard InChI is InChI=1S/C25H30ClN3O6/c1-13(2)22(27)21(26)25(30)28-17-9-14(7-8-18(17)31-3)16-12-35-29-23(16)15-10-19(32-4)24(34-6)20(11-15)33-5/h7-13,21-22H,27H2,1-6H3,(H,28,30). The van der Waals surface area contributed by atoms with Gasteiger partial charge in [-0.05, 0) is 35.7 Å². The Morgan fingerprint density at radius 3 is 2.14 bits per heavy atom. The molecule has 9 nitrogen and oxygen atoms in total. The highest BCUT2D eigenvalue weighted by atomic mass is 35.5. The zero-order valence-electron chi connectivity index (χ0n) is 20.5. The number of carbonyl (C=O) groups excluding carboxylic acids is 1. The van der Waals surface area contributed by atoms with Crippen LogP contribution in [0.3, 0.4) is 0 Å². The van der Waals surface area contributed by atoms with Crippen molar-refractivity contribution in [3.05, 3.63) is 36.6 Å². The van der Waals surface area contributed by atoms with Crippen LogP contribution in [0.5, 0.6) is 23.0 Å². The number of anilines is 1. The lowest BCUT2D eigenvalue weighted by Crippen LogP contribution is -2.43. The molecule has 0 bridgehead atoms. The normalized spacial score (nSPS) is 12.7. The van der Waals surface area contributed by atoms with E-state index in [1.807, 2.05) is 19.9 Å². The summed E-state index contributed by atoms with van der Waals surface area (Å²) in [7, 11) is 6.13. The number of nitrogens with zero attached hydrogens (tertiary/aromatic N) is 1. The molecule has 0 saturated heterocycles. The second-order valence-corrected chi connectivity index (χ2v) is 8.59. The van der Waals surface area contributed by atoms with Crippen molar-refractivity contribution in [2.24, 2.45) is 11.7 Å². The van der Waals surface area contributed by atoms with E-state index < -0.39 is 17.3 Å². The van der Waals surface area contributed by atoms with E-state index in [0.717, 1.165) is 5.56 Å². The highest BCUT2D eigenvalue weighted by Crippen LogP contribution is 2.43. The van der Waals surface area contributed by atoms with E-state index in [1.165, 1.54) is 20.5 Å². The van der Waals surface area contributed by atoms with Gasteiger partial charge in [0, 0.05) is 17.2 Å². The Bertz CT molecular complexity index is 1150. The second-order valence-electron chi connectivity index (χ2n) is 8.12. The van der Waals surface area contributed by atoms with Crippen molar-refractivity contribution in [3.8, 4) is 45.4 Å². The SMILES string of the molecule is COc1ccc(-c2conc2-c2cc(OC)c(OC)c(OC)c2)cc1NC(=O)C(Cl)C(N)C(C)C. The number of halogens is 1. The summed E-state index contributed by atoms with van der Waals surface area (Å²) in [5.74, 6) is 1.51. The van der Waals surface area contributed by atoms with Crippen molar-refractivity contribution in [1.29, 1.82) is 0 Å². The van der Waals surface area contributed by atoms with E-state index in [2.05, 4.69) is 10.5 Å². The first-order chi connectivity index (χ1) is 16.7. The number of ether oxygens (including phenoxy) is 4. The molecule has 1 aromatic heterocycles. The summed E-state index contributed by atoms with van der Waals surface area (Å²) in [5, 5.41) is 6.11. The smallest absolute Gasteiger partial charge is 0.244 e. The topological polar surface area (TPSA) is 118 Å². The molecule has 0 fully saturated rings. The molecular weight excluding hydrogens is 474 g/mol. The van der Waals surface area contributed by atoms with Gasteiger partial charge in [0.2, 0.25) is 11.7 Å². The molecule has 35 heavy (non-hydrogen) atoms. The molecule has 0 aliphatic heterocycles. The minimum Gasteiger partial charge on any atom is -0.495 e. The molecule has 0 aliphatic carbocycles.